The Morgan fingerprint density at radius 3 is 0.476 bits per heavy atom. The molecule has 0 unspecified atom stereocenters. The molecule has 0 N–H and O–H groups in total. The van der Waals surface area contributed by atoms with Gasteiger partial charge in [0.15, 0.2) is 0 Å². The molecule has 0 fully saturated rings. The van der Waals surface area contributed by atoms with Gasteiger partial charge in [-0.25, -0.2) is 0 Å². The highest BCUT2D eigenvalue weighted by atomic mass is 14.3. The van der Waals surface area contributed by atoms with E-state index in [1.807, 2.05) is 0 Å². The van der Waals surface area contributed by atoms with E-state index in [9.17, 15) is 0 Å². The molecule has 17 aromatic rings. The van der Waals surface area contributed by atoms with Crippen molar-refractivity contribution in [3.8, 4) is 89.0 Å². The fourth-order valence-corrected chi connectivity index (χ4v) is 14.2. The van der Waals surface area contributed by atoms with E-state index in [2.05, 4.69) is 315 Å². The van der Waals surface area contributed by atoms with Gasteiger partial charge in [0.25, 0.3) is 0 Å². The van der Waals surface area contributed by atoms with Gasteiger partial charge >= 0.3 is 0 Å². The zero-order valence-corrected chi connectivity index (χ0v) is 46.0. The Labute approximate surface area is 487 Å². The van der Waals surface area contributed by atoms with Crippen molar-refractivity contribution in [1.29, 1.82) is 0 Å². The number of hydrogen-bond acceptors (Lipinski definition) is 0. The molecule has 0 spiro atoms. The van der Waals surface area contributed by atoms with Gasteiger partial charge in [0, 0.05) is 0 Å². The maximum atomic E-state index is 2.52. The minimum absolute atomic E-state index is 1.20. The number of benzene rings is 17. The Kier molecular flexibility index (Phi) is 11.0. The van der Waals surface area contributed by atoms with Crippen LogP contribution in [0.25, 0.3) is 175 Å². The molecule has 0 radical (unpaired) electrons. The van der Waals surface area contributed by atoms with Crippen LogP contribution in [0.2, 0.25) is 0 Å². The summed E-state index contributed by atoms with van der Waals surface area (Å²) in [6.45, 7) is 0. The predicted octanol–water partition coefficient (Wildman–Crippen LogP) is 23.7. The Balaban J connectivity index is 1.00. The summed E-state index contributed by atoms with van der Waals surface area (Å²) >= 11 is 0. The van der Waals surface area contributed by atoms with Gasteiger partial charge in [0.1, 0.15) is 0 Å². The smallest absolute Gasteiger partial charge is 0.00255 e. The van der Waals surface area contributed by atoms with Gasteiger partial charge in [-0.1, -0.05) is 267 Å². The van der Waals surface area contributed by atoms with E-state index in [1.165, 1.54) is 175 Å². The molecule has 0 aliphatic rings. The molecule has 0 amide bonds. The lowest BCUT2D eigenvalue weighted by atomic mass is 9.82. The normalized spacial score (nSPS) is 11.8. The summed E-state index contributed by atoms with van der Waals surface area (Å²) in [5.74, 6) is 0. The van der Waals surface area contributed by atoms with E-state index in [0.29, 0.717) is 0 Å². The van der Waals surface area contributed by atoms with Crippen LogP contribution in [-0.2, 0) is 0 Å². The molecule has 0 bridgehead atoms. The maximum Gasteiger partial charge on any atom is -0.00255 e. The third-order valence-corrected chi connectivity index (χ3v) is 18.0. The molecule has 0 aromatic heterocycles. The number of rotatable bonds is 8. The first-order valence-electron chi connectivity index (χ1n) is 29.2. The summed E-state index contributed by atoms with van der Waals surface area (Å²) in [5.41, 5.74) is 19.5. The van der Waals surface area contributed by atoms with Crippen LogP contribution in [0.4, 0.5) is 0 Å². The summed E-state index contributed by atoms with van der Waals surface area (Å²) in [4.78, 5) is 0. The van der Waals surface area contributed by atoms with Gasteiger partial charge < -0.3 is 0 Å². The zero-order valence-electron chi connectivity index (χ0n) is 46.0. The summed E-state index contributed by atoms with van der Waals surface area (Å²) in [7, 11) is 0. The summed E-state index contributed by atoms with van der Waals surface area (Å²) in [6.07, 6.45) is 0. The molecule has 17 rings (SSSR count). The van der Waals surface area contributed by atoms with Crippen LogP contribution < -0.4 is 0 Å². The molecular formula is C84H52. The Hall–Kier alpha value is -10.9. The fourth-order valence-electron chi connectivity index (χ4n) is 14.2. The van der Waals surface area contributed by atoms with Crippen LogP contribution in [0.5, 0.6) is 0 Å². The van der Waals surface area contributed by atoms with E-state index in [4.69, 9.17) is 0 Å². The van der Waals surface area contributed by atoms with Crippen LogP contribution in [-0.4, -0.2) is 0 Å². The van der Waals surface area contributed by atoms with Crippen LogP contribution in [0.15, 0.2) is 315 Å². The number of fused-ring (bicyclic) bond motifs is 6. The molecular weight excluding hydrogens is 1010 g/mol. The van der Waals surface area contributed by atoms with Crippen LogP contribution in [0.3, 0.4) is 0 Å². The average molecular weight is 1060 g/mol. The lowest BCUT2D eigenvalue weighted by Gasteiger charge is -2.21. The van der Waals surface area contributed by atoms with Gasteiger partial charge in [-0.05, 0) is 224 Å². The van der Waals surface area contributed by atoms with Crippen molar-refractivity contribution in [3.05, 3.63) is 315 Å². The van der Waals surface area contributed by atoms with E-state index < -0.39 is 0 Å². The second-order valence-electron chi connectivity index (χ2n) is 22.6. The fraction of sp³-hybridized carbons (Fsp3) is 0. The monoisotopic (exact) mass is 1060 g/mol. The SMILES string of the molecule is c1ccc(-c2ccc(-c3cc4cc(-c5ccc(-c6ccccc6)c6ccccc56)cc5c6cc(-c7ccc(-c8ccccc8)c8ccccc78)cc7cc(-c8ccc(-c9ccccc9)c9ccccc89)cc(c(c3)c45)c76)c3ccccc23)cc1. The highest BCUT2D eigenvalue weighted by Crippen LogP contribution is 2.50. The van der Waals surface area contributed by atoms with Crippen LogP contribution in [0, 0.1) is 0 Å². The summed E-state index contributed by atoms with van der Waals surface area (Å²) in [6, 6.07) is 118. The van der Waals surface area contributed by atoms with E-state index in [1.54, 1.807) is 0 Å². The van der Waals surface area contributed by atoms with Crippen molar-refractivity contribution in [2.24, 2.45) is 0 Å². The highest BCUT2D eigenvalue weighted by molar-refractivity contribution is 6.36. The first kappa shape index (κ1) is 47.8. The second kappa shape index (κ2) is 19.4. The van der Waals surface area contributed by atoms with Crippen molar-refractivity contribution in [3.63, 3.8) is 0 Å². The van der Waals surface area contributed by atoms with Gasteiger partial charge in [-0.15, -0.1) is 0 Å². The third-order valence-electron chi connectivity index (χ3n) is 18.0. The molecule has 0 atom stereocenters. The zero-order chi connectivity index (χ0) is 55.2. The van der Waals surface area contributed by atoms with E-state index in [0.717, 1.165) is 0 Å². The topological polar surface area (TPSA) is 0 Å². The van der Waals surface area contributed by atoms with Crippen molar-refractivity contribution in [2.45, 2.75) is 0 Å². The molecule has 84 heavy (non-hydrogen) atoms. The molecule has 388 valence electrons. The van der Waals surface area contributed by atoms with Crippen LogP contribution >= 0.6 is 0 Å². The molecule has 0 aliphatic heterocycles. The molecule has 0 saturated heterocycles. The predicted molar refractivity (Wildman–Crippen MR) is 361 cm³/mol. The van der Waals surface area contributed by atoms with Crippen molar-refractivity contribution < 1.29 is 0 Å². The first-order chi connectivity index (χ1) is 41.7. The molecule has 0 aliphatic carbocycles. The molecule has 0 saturated carbocycles. The molecule has 0 nitrogen and oxygen atoms in total. The third kappa shape index (κ3) is 7.69. The van der Waals surface area contributed by atoms with Gasteiger partial charge in [-0.2, -0.15) is 0 Å². The largest absolute Gasteiger partial charge is 0.0622 e. The maximum absolute atomic E-state index is 2.52. The van der Waals surface area contributed by atoms with E-state index >= 15 is 0 Å². The van der Waals surface area contributed by atoms with Crippen molar-refractivity contribution >= 4 is 86.2 Å². The summed E-state index contributed by atoms with van der Waals surface area (Å²) in [5, 5.41) is 19.9. The Bertz CT molecular complexity index is 4770. The molecule has 17 aromatic carbocycles. The minimum Gasteiger partial charge on any atom is -0.0622 e. The lowest BCUT2D eigenvalue weighted by molar-refractivity contribution is 1.63. The Morgan fingerprint density at radius 2 is 0.286 bits per heavy atom. The standard InChI is InChI=1S/C84H52/c1-5-21-53(22-6-1)63-37-41-67(75-33-17-13-29-71(63)75)57-45-61-46-58(68-42-38-64(54-23-7-2-8-24-54)72-30-14-18-34-76(68)72)51-81-82-52-60(70-44-40-66(56-27-11-4-12-28-56)74-32-16-20-36-78(70)74)48-62-47-59(50-80(84(62)82)79(49-57)83(61)81)69-43-39-65(55-25-9-3-10-26-55)73-31-15-19-35-77(69)73/h1-52H. The second-order valence-corrected chi connectivity index (χ2v) is 22.6. The minimum atomic E-state index is 1.20. The van der Waals surface area contributed by atoms with Crippen molar-refractivity contribution in [1.82, 2.24) is 0 Å². The number of hydrogen-bond donors (Lipinski definition) is 0. The molecule has 0 heterocycles. The van der Waals surface area contributed by atoms with Crippen LogP contribution in [0.1, 0.15) is 0 Å². The van der Waals surface area contributed by atoms with Gasteiger partial charge in [0.2, 0.25) is 0 Å². The molecule has 0 heteroatoms. The van der Waals surface area contributed by atoms with E-state index in [-0.39, 0.29) is 0 Å². The quantitative estimate of drug-likeness (QED) is 0.105. The van der Waals surface area contributed by atoms with Gasteiger partial charge in [-0.3, -0.25) is 0 Å². The summed E-state index contributed by atoms with van der Waals surface area (Å²) < 4.78 is 0. The van der Waals surface area contributed by atoms with Crippen molar-refractivity contribution in [2.75, 3.05) is 0 Å². The average Bonchev–Trinajstić information content (AvgIpc) is 1.13. The Morgan fingerprint density at radius 1 is 0.119 bits per heavy atom. The lowest BCUT2D eigenvalue weighted by Crippen LogP contribution is -1.94. The first-order valence-corrected chi connectivity index (χ1v) is 29.2. The highest BCUT2D eigenvalue weighted by Gasteiger charge is 2.23. The van der Waals surface area contributed by atoms with Gasteiger partial charge in [0.05, 0.1) is 0 Å².